The maximum atomic E-state index is 13.5. The quantitative estimate of drug-likeness (QED) is 0.946. The smallest absolute Gasteiger partial charge is 0.162 e. The van der Waals surface area contributed by atoms with Gasteiger partial charge in [0.05, 0.1) is 22.4 Å². The SMILES string of the molecule is Cn1ncc(Br)c1C(N)Cc1cccc(F)c1F. The molecule has 2 aromatic rings. The zero-order valence-corrected chi connectivity index (χ0v) is 11.3. The van der Waals surface area contributed by atoms with E-state index >= 15 is 0 Å². The maximum Gasteiger partial charge on any atom is 0.162 e. The summed E-state index contributed by atoms with van der Waals surface area (Å²) in [5.41, 5.74) is 7.02. The molecule has 0 aliphatic heterocycles. The lowest BCUT2D eigenvalue weighted by Crippen LogP contribution is -2.18. The first kappa shape index (κ1) is 13.2. The maximum absolute atomic E-state index is 13.5. The molecule has 0 bridgehead atoms. The molecule has 1 atom stereocenters. The number of halogens is 3. The van der Waals surface area contributed by atoms with Gasteiger partial charge in [-0.2, -0.15) is 5.10 Å². The zero-order chi connectivity index (χ0) is 13.3. The minimum Gasteiger partial charge on any atom is -0.322 e. The minimum atomic E-state index is -0.858. The van der Waals surface area contributed by atoms with Crippen LogP contribution in [0.25, 0.3) is 0 Å². The highest BCUT2D eigenvalue weighted by Gasteiger charge is 2.18. The molecule has 0 saturated heterocycles. The Morgan fingerprint density at radius 2 is 2.17 bits per heavy atom. The molecular formula is C12H12BrF2N3. The van der Waals surface area contributed by atoms with Gasteiger partial charge in [-0.3, -0.25) is 4.68 Å². The van der Waals surface area contributed by atoms with Crippen molar-refractivity contribution in [3.8, 4) is 0 Å². The Hall–Kier alpha value is -1.27. The highest BCUT2D eigenvalue weighted by atomic mass is 79.9. The lowest BCUT2D eigenvalue weighted by atomic mass is 10.0. The number of hydrogen-bond donors (Lipinski definition) is 1. The van der Waals surface area contributed by atoms with Gasteiger partial charge in [0, 0.05) is 7.05 Å². The molecule has 2 rings (SSSR count). The van der Waals surface area contributed by atoms with Crippen LogP contribution in [0.5, 0.6) is 0 Å². The van der Waals surface area contributed by atoms with E-state index in [-0.39, 0.29) is 12.0 Å². The fraction of sp³-hybridized carbons (Fsp3) is 0.250. The predicted octanol–water partition coefficient (Wildman–Crippen LogP) is 2.70. The molecule has 3 nitrogen and oxygen atoms in total. The molecule has 0 saturated carbocycles. The number of nitrogens with two attached hydrogens (primary N) is 1. The average molecular weight is 316 g/mol. The van der Waals surface area contributed by atoms with Gasteiger partial charge >= 0.3 is 0 Å². The fourth-order valence-corrected chi connectivity index (χ4v) is 2.52. The largest absolute Gasteiger partial charge is 0.322 e. The van der Waals surface area contributed by atoms with E-state index in [2.05, 4.69) is 21.0 Å². The van der Waals surface area contributed by atoms with Crippen LogP contribution in [0.2, 0.25) is 0 Å². The Morgan fingerprint density at radius 1 is 1.44 bits per heavy atom. The van der Waals surface area contributed by atoms with Crippen molar-refractivity contribution in [2.24, 2.45) is 12.8 Å². The summed E-state index contributed by atoms with van der Waals surface area (Å²) in [5, 5.41) is 4.04. The first-order valence-corrected chi connectivity index (χ1v) is 6.16. The summed E-state index contributed by atoms with van der Waals surface area (Å²) in [6.45, 7) is 0. The van der Waals surface area contributed by atoms with Gasteiger partial charge in [-0.05, 0) is 34.0 Å². The van der Waals surface area contributed by atoms with Gasteiger partial charge in [-0.25, -0.2) is 8.78 Å². The van der Waals surface area contributed by atoms with E-state index in [4.69, 9.17) is 5.73 Å². The molecule has 1 aromatic heterocycles. The number of rotatable bonds is 3. The Balaban J connectivity index is 2.27. The van der Waals surface area contributed by atoms with E-state index in [1.165, 1.54) is 12.1 Å². The lowest BCUT2D eigenvalue weighted by Gasteiger charge is -2.13. The monoisotopic (exact) mass is 315 g/mol. The second kappa shape index (κ2) is 5.16. The summed E-state index contributed by atoms with van der Waals surface area (Å²) in [7, 11) is 1.75. The van der Waals surface area contributed by atoms with E-state index in [1.54, 1.807) is 17.9 Å². The number of aromatic nitrogens is 2. The first-order chi connectivity index (χ1) is 8.50. The van der Waals surface area contributed by atoms with Gasteiger partial charge in [0.15, 0.2) is 11.6 Å². The molecular weight excluding hydrogens is 304 g/mol. The highest BCUT2D eigenvalue weighted by Crippen LogP contribution is 2.25. The van der Waals surface area contributed by atoms with Crippen molar-refractivity contribution >= 4 is 15.9 Å². The van der Waals surface area contributed by atoms with Gasteiger partial charge in [0.1, 0.15) is 0 Å². The highest BCUT2D eigenvalue weighted by molar-refractivity contribution is 9.10. The molecule has 6 heteroatoms. The predicted molar refractivity (Wildman–Crippen MR) is 67.9 cm³/mol. The third-order valence-electron chi connectivity index (χ3n) is 2.76. The summed E-state index contributed by atoms with van der Waals surface area (Å²) in [4.78, 5) is 0. The molecule has 0 aliphatic carbocycles. The normalized spacial score (nSPS) is 12.7. The van der Waals surface area contributed by atoms with E-state index in [1.807, 2.05) is 0 Å². The van der Waals surface area contributed by atoms with Crippen LogP contribution in [0, 0.1) is 11.6 Å². The first-order valence-electron chi connectivity index (χ1n) is 5.36. The molecule has 0 amide bonds. The summed E-state index contributed by atoms with van der Waals surface area (Å²) in [5.74, 6) is -1.70. The standard InChI is InChI=1S/C12H12BrF2N3/c1-18-12(8(13)6-17-18)10(16)5-7-3-2-4-9(14)11(7)15/h2-4,6,10H,5,16H2,1H3. The van der Waals surface area contributed by atoms with Crippen molar-refractivity contribution in [1.82, 2.24) is 9.78 Å². The Morgan fingerprint density at radius 3 is 2.78 bits per heavy atom. The topological polar surface area (TPSA) is 43.8 Å². The lowest BCUT2D eigenvalue weighted by molar-refractivity contribution is 0.491. The van der Waals surface area contributed by atoms with Crippen molar-refractivity contribution < 1.29 is 8.78 Å². The van der Waals surface area contributed by atoms with Crippen LogP contribution in [0.1, 0.15) is 17.3 Å². The number of nitrogens with zero attached hydrogens (tertiary/aromatic N) is 2. The van der Waals surface area contributed by atoms with Gasteiger partial charge in [0.25, 0.3) is 0 Å². The van der Waals surface area contributed by atoms with Crippen LogP contribution < -0.4 is 5.73 Å². The van der Waals surface area contributed by atoms with Crippen molar-refractivity contribution in [3.63, 3.8) is 0 Å². The van der Waals surface area contributed by atoms with E-state index in [0.29, 0.717) is 0 Å². The Labute approximate surface area is 112 Å². The fourth-order valence-electron chi connectivity index (χ4n) is 1.88. The summed E-state index contributed by atoms with van der Waals surface area (Å²) in [6, 6.07) is 3.63. The van der Waals surface area contributed by atoms with Gasteiger partial charge in [-0.1, -0.05) is 12.1 Å². The second-order valence-electron chi connectivity index (χ2n) is 4.02. The molecule has 1 unspecified atom stereocenters. The number of hydrogen-bond acceptors (Lipinski definition) is 2. The molecule has 0 fully saturated rings. The third-order valence-corrected chi connectivity index (χ3v) is 3.37. The summed E-state index contributed by atoms with van der Waals surface area (Å²) >= 11 is 3.33. The second-order valence-corrected chi connectivity index (χ2v) is 4.88. The van der Waals surface area contributed by atoms with Crippen molar-refractivity contribution in [2.45, 2.75) is 12.5 Å². The molecule has 0 spiro atoms. The minimum absolute atomic E-state index is 0.210. The van der Waals surface area contributed by atoms with Crippen molar-refractivity contribution in [1.29, 1.82) is 0 Å². The Kier molecular flexibility index (Phi) is 3.77. The molecule has 96 valence electrons. The Bertz CT molecular complexity index is 549. The van der Waals surface area contributed by atoms with Crippen LogP contribution >= 0.6 is 15.9 Å². The molecule has 1 aromatic carbocycles. The zero-order valence-electron chi connectivity index (χ0n) is 9.70. The van der Waals surface area contributed by atoms with E-state index in [9.17, 15) is 8.78 Å². The van der Waals surface area contributed by atoms with Gasteiger partial charge in [-0.15, -0.1) is 0 Å². The molecule has 18 heavy (non-hydrogen) atoms. The van der Waals surface area contributed by atoms with Gasteiger partial charge in [0.2, 0.25) is 0 Å². The van der Waals surface area contributed by atoms with Crippen LogP contribution in [0.3, 0.4) is 0 Å². The molecule has 1 heterocycles. The van der Waals surface area contributed by atoms with Crippen molar-refractivity contribution in [3.05, 3.63) is 51.8 Å². The average Bonchev–Trinajstić information content (AvgIpc) is 2.65. The van der Waals surface area contributed by atoms with Crippen LogP contribution in [-0.2, 0) is 13.5 Å². The van der Waals surface area contributed by atoms with E-state index < -0.39 is 17.7 Å². The summed E-state index contributed by atoms with van der Waals surface area (Å²) < 4.78 is 29.0. The molecule has 0 radical (unpaired) electrons. The summed E-state index contributed by atoms with van der Waals surface area (Å²) in [6.07, 6.45) is 1.83. The van der Waals surface area contributed by atoms with Crippen LogP contribution in [-0.4, -0.2) is 9.78 Å². The number of benzene rings is 1. The van der Waals surface area contributed by atoms with E-state index in [0.717, 1.165) is 16.2 Å². The van der Waals surface area contributed by atoms with Crippen LogP contribution in [0.4, 0.5) is 8.78 Å². The van der Waals surface area contributed by atoms with Gasteiger partial charge < -0.3 is 5.73 Å². The third kappa shape index (κ3) is 2.44. The van der Waals surface area contributed by atoms with Crippen LogP contribution in [0.15, 0.2) is 28.9 Å². The number of aryl methyl sites for hydroxylation is 1. The molecule has 2 N–H and O–H groups in total. The van der Waals surface area contributed by atoms with Crippen molar-refractivity contribution in [2.75, 3.05) is 0 Å². The molecule has 0 aliphatic rings.